The third-order valence-corrected chi connectivity index (χ3v) is 5.50. The molecule has 0 saturated heterocycles. The molecule has 4 heteroatoms. The van der Waals surface area contributed by atoms with Crippen LogP contribution in [-0.2, 0) is 6.42 Å². The summed E-state index contributed by atoms with van der Waals surface area (Å²) in [4.78, 5) is 0. The lowest BCUT2D eigenvalue weighted by atomic mass is 9.96. The van der Waals surface area contributed by atoms with E-state index in [1.807, 2.05) is 24.3 Å². The maximum Gasteiger partial charge on any atom is 0.145 e. The second kappa shape index (κ2) is 8.37. The van der Waals surface area contributed by atoms with Gasteiger partial charge in [-0.2, -0.15) is 0 Å². The van der Waals surface area contributed by atoms with E-state index in [4.69, 9.17) is 11.6 Å². The zero-order valence-corrected chi connectivity index (χ0v) is 16.8. The largest absolute Gasteiger partial charge is 0.206 e. The van der Waals surface area contributed by atoms with Crippen molar-refractivity contribution in [1.82, 2.24) is 0 Å². The second-order valence-corrected chi connectivity index (χ2v) is 7.55. The number of rotatable bonds is 5. The van der Waals surface area contributed by atoms with Crippen LogP contribution < -0.4 is 0 Å². The molecule has 4 aromatic rings. The fraction of sp³-hybridized carbons (Fsp3) is 0.0769. The minimum atomic E-state index is -0.919. The van der Waals surface area contributed by atoms with E-state index in [9.17, 15) is 13.2 Å². The van der Waals surface area contributed by atoms with Crippen molar-refractivity contribution < 1.29 is 13.2 Å². The molecule has 0 radical (unpaired) electrons. The van der Waals surface area contributed by atoms with Gasteiger partial charge < -0.3 is 0 Å². The van der Waals surface area contributed by atoms with Crippen LogP contribution in [0.5, 0.6) is 0 Å². The molecule has 0 unspecified atom stereocenters. The highest BCUT2D eigenvalue weighted by Crippen LogP contribution is 2.32. The van der Waals surface area contributed by atoms with Gasteiger partial charge in [-0.1, -0.05) is 60.1 Å². The average molecular weight is 423 g/mol. The fourth-order valence-electron chi connectivity index (χ4n) is 3.54. The highest BCUT2D eigenvalue weighted by molar-refractivity contribution is 6.31. The van der Waals surface area contributed by atoms with Gasteiger partial charge in [0.15, 0.2) is 0 Å². The molecule has 0 heterocycles. The standard InChI is InChI=1S/C26H18ClF3/c1-2-3-4-16-5-6-18-12-19(8-7-17(18)11-16)20-9-10-22(23(28)13-20)21-14-24(29)26(27)25(30)15-21/h2,5-15H,1,3-4H2. The number of hydrogen-bond acceptors (Lipinski definition) is 0. The molecule has 0 amide bonds. The van der Waals surface area contributed by atoms with Crippen molar-refractivity contribution in [1.29, 1.82) is 0 Å². The number of hydrogen-bond donors (Lipinski definition) is 0. The van der Waals surface area contributed by atoms with E-state index < -0.39 is 22.5 Å². The smallest absolute Gasteiger partial charge is 0.145 e. The van der Waals surface area contributed by atoms with Gasteiger partial charge in [0.05, 0.1) is 0 Å². The molecule has 4 aromatic carbocycles. The molecule has 0 aliphatic carbocycles. The lowest BCUT2D eigenvalue weighted by Gasteiger charge is -2.10. The highest BCUT2D eigenvalue weighted by atomic mass is 35.5. The third kappa shape index (κ3) is 3.99. The summed E-state index contributed by atoms with van der Waals surface area (Å²) in [6.07, 6.45) is 3.77. The first-order chi connectivity index (χ1) is 14.5. The Balaban J connectivity index is 1.68. The molecule has 0 saturated carbocycles. The lowest BCUT2D eigenvalue weighted by Crippen LogP contribution is -1.91. The minimum Gasteiger partial charge on any atom is -0.206 e. The van der Waals surface area contributed by atoms with Gasteiger partial charge >= 0.3 is 0 Å². The number of aryl methyl sites for hydroxylation is 1. The van der Waals surface area contributed by atoms with Crippen molar-refractivity contribution in [3.05, 3.63) is 107 Å². The van der Waals surface area contributed by atoms with Crippen LogP contribution in [0.2, 0.25) is 5.02 Å². The van der Waals surface area contributed by atoms with E-state index in [1.54, 1.807) is 6.07 Å². The Morgan fingerprint density at radius 1 is 0.700 bits per heavy atom. The van der Waals surface area contributed by atoms with Crippen molar-refractivity contribution in [2.24, 2.45) is 0 Å². The van der Waals surface area contributed by atoms with Crippen LogP contribution in [0.4, 0.5) is 13.2 Å². The third-order valence-electron chi connectivity index (χ3n) is 5.14. The van der Waals surface area contributed by atoms with Gasteiger partial charge in [0.25, 0.3) is 0 Å². The molecule has 0 aliphatic rings. The molecular formula is C26H18ClF3. The first-order valence-corrected chi connectivity index (χ1v) is 9.92. The summed E-state index contributed by atoms with van der Waals surface area (Å²) in [5, 5.41) is 1.57. The van der Waals surface area contributed by atoms with E-state index in [0.717, 1.165) is 41.3 Å². The first kappa shape index (κ1) is 20.2. The van der Waals surface area contributed by atoms with Crippen molar-refractivity contribution in [3.8, 4) is 22.3 Å². The van der Waals surface area contributed by atoms with Gasteiger partial charge in [0.1, 0.15) is 22.5 Å². The van der Waals surface area contributed by atoms with Crippen molar-refractivity contribution in [2.75, 3.05) is 0 Å². The Morgan fingerprint density at radius 3 is 2.00 bits per heavy atom. The van der Waals surface area contributed by atoms with Gasteiger partial charge in [-0.3, -0.25) is 0 Å². The minimum absolute atomic E-state index is 0.101. The fourth-order valence-corrected chi connectivity index (χ4v) is 3.65. The molecule has 30 heavy (non-hydrogen) atoms. The van der Waals surface area contributed by atoms with Crippen LogP contribution in [0.1, 0.15) is 12.0 Å². The molecule has 0 aromatic heterocycles. The van der Waals surface area contributed by atoms with Crippen LogP contribution in [-0.4, -0.2) is 0 Å². The summed E-state index contributed by atoms with van der Waals surface area (Å²) in [7, 11) is 0. The molecule has 150 valence electrons. The van der Waals surface area contributed by atoms with E-state index >= 15 is 0 Å². The summed E-state index contributed by atoms with van der Waals surface area (Å²) in [5.74, 6) is -2.40. The van der Waals surface area contributed by atoms with E-state index in [1.165, 1.54) is 17.7 Å². The number of fused-ring (bicyclic) bond motifs is 1. The molecule has 0 fully saturated rings. The Kier molecular flexibility index (Phi) is 5.65. The summed E-state index contributed by atoms with van der Waals surface area (Å²) in [6, 6.07) is 18.9. The Morgan fingerprint density at radius 2 is 1.30 bits per heavy atom. The maximum absolute atomic E-state index is 14.8. The van der Waals surface area contributed by atoms with Crippen molar-refractivity contribution >= 4 is 22.4 Å². The summed E-state index contributed by atoms with van der Waals surface area (Å²) in [6.45, 7) is 3.75. The van der Waals surface area contributed by atoms with Gasteiger partial charge in [0.2, 0.25) is 0 Å². The topological polar surface area (TPSA) is 0 Å². The van der Waals surface area contributed by atoms with Crippen LogP contribution >= 0.6 is 11.6 Å². The molecule has 0 aliphatic heterocycles. The number of benzene rings is 4. The van der Waals surface area contributed by atoms with Crippen LogP contribution in [0.15, 0.2) is 79.4 Å². The lowest BCUT2D eigenvalue weighted by molar-refractivity contribution is 0.584. The molecule has 4 rings (SSSR count). The Hall–Kier alpha value is -3.04. The van der Waals surface area contributed by atoms with Gasteiger partial charge in [0, 0.05) is 5.56 Å². The van der Waals surface area contributed by atoms with Crippen molar-refractivity contribution in [2.45, 2.75) is 12.8 Å². The van der Waals surface area contributed by atoms with Gasteiger partial charge in [-0.05, 0) is 70.1 Å². The second-order valence-electron chi connectivity index (χ2n) is 7.17. The van der Waals surface area contributed by atoms with E-state index in [2.05, 4.69) is 24.8 Å². The van der Waals surface area contributed by atoms with Crippen LogP contribution in [0.25, 0.3) is 33.0 Å². The monoisotopic (exact) mass is 422 g/mol. The zero-order chi connectivity index (χ0) is 21.3. The van der Waals surface area contributed by atoms with Crippen LogP contribution in [0, 0.1) is 17.5 Å². The molecular weight excluding hydrogens is 405 g/mol. The first-order valence-electron chi connectivity index (χ1n) is 9.54. The van der Waals surface area contributed by atoms with Gasteiger partial charge in [-0.15, -0.1) is 6.58 Å². The molecule has 0 N–H and O–H groups in total. The van der Waals surface area contributed by atoms with E-state index in [0.29, 0.717) is 5.56 Å². The predicted molar refractivity (Wildman–Crippen MR) is 118 cm³/mol. The molecule has 0 nitrogen and oxygen atoms in total. The average Bonchev–Trinajstić information content (AvgIpc) is 2.75. The maximum atomic E-state index is 14.8. The highest BCUT2D eigenvalue weighted by Gasteiger charge is 2.14. The molecule has 0 atom stereocenters. The normalized spacial score (nSPS) is 11.1. The molecule has 0 bridgehead atoms. The van der Waals surface area contributed by atoms with Crippen LogP contribution in [0.3, 0.4) is 0 Å². The predicted octanol–water partition coefficient (Wildman–Crippen LogP) is 8.36. The summed E-state index contributed by atoms with van der Waals surface area (Å²) < 4.78 is 42.3. The SMILES string of the molecule is C=CCCc1ccc2cc(-c3ccc(-c4cc(F)c(Cl)c(F)c4)c(F)c3)ccc2c1. The number of halogens is 4. The number of allylic oxidation sites excluding steroid dienone is 1. The van der Waals surface area contributed by atoms with E-state index in [-0.39, 0.29) is 11.1 Å². The summed E-state index contributed by atoms with van der Waals surface area (Å²) in [5.41, 5.74) is 3.00. The zero-order valence-electron chi connectivity index (χ0n) is 16.1. The Labute approximate surface area is 178 Å². The van der Waals surface area contributed by atoms with Gasteiger partial charge in [-0.25, -0.2) is 13.2 Å². The quantitative estimate of drug-likeness (QED) is 0.224. The molecule has 0 spiro atoms. The summed E-state index contributed by atoms with van der Waals surface area (Å²) >= 11 is 5.52. The van der Waals surface area contributed by atoms with Crippen molar-refractivity contribution in [3.63, 3.8) is 0 Å². The Bertz CT molecular complexity index is 1240.